The largest absolute Gasteiger partial charge is 0.368 e. The fourth-order valence-electron chi connectivity index (χ4n) is 5.58. The number of ether oxygens (including phenoxy) is 2. The van der Waals surface area contributed by atoms with Gasteiger partial charge in [-0.1, -0.05) is 0 Å². The molecule has 4 unspecified atom stereocenters. The molecule has 0 radical (unpaired) electrons. The molecule has 9 heteroatoms. The maximum absolute atomic E-state index is 13.7. The Labute approximate surface area is 182 Å². The molecule has 0 aromatic rings. The summed E-state index contributed by atoms with van der Waals surface area (Å²) in [5, 5.41) is 9.05. The summed E-state index contributed by atoms with van der Waals surface area (Å²) in [7, 11) is 0. The molecule has 30 heavy (non-hydrogen) atoms. The van der Waals surface area contributed by atoms with Crippen LogP contribution in [0.2, 0.25) is 0 Å². The van der Waals surface area contributed by atoms with E-state index >= 15 is 0 Å². The number of alkyl halides is 2. The number of rotatable bonds is 8. The lowest BCUT2D eigenvalue weighted by atomic mass is 9.71. The second-order valence-corrected chi connectivity index (χ2v) is 10.1. The standard InChI is InChI=1S/C21H33ClFN3O4/c22-16-4-3-14(8-17(16)23)29-10-18(27)25-20-5-6-21(12-20,13-20)26-19(28)11-30-15-2-1-7-24-9-15/h14-17,24H,1-13H2,(H,25,27)(H,26,28). The molecule has 1 aliphatic heterocycles. The van der Waals surface area contributed by atoms with E-state index in [-0.39, 0.29) is 54.7 Å². The maximum atomic E-state index is 13.7. The summed E-state index contributed by atoms with van der Waals surface area (Å²) in [6.07, 6.45) is 5.54. The van der Waals surface area contributed by atoms with Gasteiger partial charge in [-0.3, -0.25) is 9.59 Å². The lowest BCUT2D eigenvalue weighted by Crippen LogP contribution is -2.65. The minimum Gasteiger partial charge on any atom is -0.368 e. The zero-order valence-electron chi connectivity index (χ0n) is 17.4. The minimum absolute atomic E-state index is 0.0608. The molecular formula is C21H33ClFN3O4. The molecule has 5 rings (SSSR count). The first-order chi connectivity index (χ1) is 14.4. The zero-order valence-corrected chi connectivity index (χ0v) is 18.1. The van der Waals surface area contributed by atoms with E-state index in [1.807, 2.05) is 0 Å². The van der Waals surface area contributed by atoms with E-state index in [9.17, 15) is 14.0 Å². The Bertz CT molecular complexity index is 640. The predicted molar refractivity (Wildman–Crippen MR) is 110 cm³/mol. The van der Waals surface area contributed by atoms with Crippen molar-refractivity contribution in [3.8, 4) is 0 Å². The summed E-state index contributed by atoms with van der Waals surface area (Å²) < 4.78 is 25.0. The summed E-state index contributed by atoms with van der Waals surface area (Å²) in [5.74, 6) is -0.255. The number of hydrogen-bond acceptors (Lipinski definition) is 5. The second-order valence-electron chi connectivity index (χ2n) is 9.57. The number of piperidine rings is 1. The molecule has 2 amide bonds. The SMILES string of the molecule is O=C(COC1CCCNC1)NC12CCC(NC(=O)COC3CCC(Cl)C(F)C3)(C1)C2. The molecule has 0 aromatic carbocycles. The lowest BCUT2D eigenvalue weighted by molar-refractivity contribution is -0.133. The first-order valence-electron chi connectivity index (χ1n) is 11.2. The maximum Gasteiger partial charge on any atom is 0.246 e. The highest BCUT2D eigenvalue weighted by Crippen LogP contribution is 2.55. The van der Waals surface area contributed by atoms with Crippen molar-refractivity contribution in [3.05, 3.63) is 0 Å². The van der Waals surface area contributed by atoms with Crippen molar-refractivity contribution in [2.45, 2.75) is 92.6 Å². The average molecular weight is 446 g/mol. The summed E-state index contributed by atoms with van der Waals surface area (Å²) >= 11 is 5.89. The lowest BCUT2D eigenvalue weighted by Gasteiger charge is -2.48. The highest BCUT2D eigenvalue weighted by molar-refractivity contribution is 6.21. The highest BCUT2D eigenvalue weighted by Gasteiger charge is 2.62. The molecule has 1 saturated heterocycles. The third-order valence-corrected chi connectivity index (χ3v) is 7.53. The van der Waals surface area contributed by atoms with Crippen LogP contribution in [0.1, 0.15) is 57.8 Å². The number of fused-ring (bicyclic) bond motifs is 1. The van der Waals surface area contributed by atoms with Crippen LogP contribution in [-0.2, 0) is 19.1 Å². The van der Waals surface area contributed by atoms with Crippen LogP contribution >= 0.6 is 11.6 Å². The average Bonchev–Trinajstić information content (AvgIpc) is 3.22. The van der Waals surface area contributed by atoms with Gasteiger partial charge in [0.2, 0.25) is 11.8 Å². The van der Waals surface area contributed by atoms with Gasteiger partial charge < -0.3 is 25.4 Å². The minimum atomic E-state index is -1.07. The van der Waals surface area contributed by atoms with Crippen molar-refractivity contribution in [2.75, 3.05) is 26.3 Å². The van der Waals surface area contributed by atoms with Gasteiger partial charge in [-0.2, -0.15) is 0 Å². The number of nitrogens with one attached hydrogen (secondary N) is 3. The van der Waals surface area contributed by atoms with E-state index < -0.39 is 11.5 Å². The third-order valence-electron chi connectivity index (χ3n) is 7.04. The summed E-state index contributed by atoms with van der Waals surface area (Å²) in [5.41, 5.74) is -0.474. The monoisotopic (exact) mass is 445 g/mol. The third kappa shape index (κ3) is 5.26. The molecule has 4 saturated carbocycles. The Morgan fingerprint density at radius 2 is 1.63 bits per heavy atom. The number of carbonyl (C=O) groups is 2. The molecule has 4 atom stereocenters. The first kappa shape index (κ1) is 22.2. The first-order valence-corrected chi connectivity index (χ1v) is 11.6. The molecule has 170 valence electrons. The molecule has 7 nitrogen and oxygen atoms in total. The van der Waals surface area contributed by atoms with Crippen LogP contribution in [-0.4, -0.2) is 73.0 Å². The predicted octanol–water partition coefficient (Wildman–Crippen LogP) is 1.57. The van der Waals surface area contributed by atoms with E-state index in [2.05, 4.69) is 16.0 Å². The van der Waals surface area contributed by atoms with Gasteiger partial charge in [-0.05, 0) is 57.9 Å². The highest BCUT2D eigenvalue weighted by atomic mass is 35.5. The molecule has 1 heterocycles. The molecule has 4 aliphatic carbocycles. The van der Waals surface area contributed by atoms with Crippen LogP contribution in [0, 0.1) is 0 Å². The Morgan fingerprint density at radius 1 is 1.00 bits per heavy atom. The van der Waals surface area contributed by atoms with E-state index in [0.717, 1.165) is 51.6 Å². The van der Waals surface area contributed by atoms with Gasteiger partial charge in [-0.25, -0.2) is 4.39 Å². The van der Waals surface area contributed by atoms with Crippen molar-refractivity contribution in [1.29, 1.82) is 0 Å². The smallest absolute Gasteiger partial charge is 0.246 e. The Morgan fingerprint density at radius 3 is 2.20 bits per heavy atom. The zero-order chi connectivity index (χ0) is 21.2. The van der Waals surface area contributed by atoms with E-state index in [1.54, 1.807) is 0 Å². The Balaban J connectivity index is 1.14. The van der Waals surface area contributed by atoms with Crippen LogP contribution in [0.15, 0.2) is 0 Å². The molecule has 0 aromatic heterocycles. The number of halogens is 2. The van der Waals surface area contributed by atoms with Crippen molar-refractivity contribution in [2.24, 2.45) is 0 Å². The van der Waals surface area contributed by atoms with Gasteiger partial charge in [0.05, 0.1) is 17.6 Å². The summed E-state index contributed by atoms with van der Waals surface area (Å²) in [6, 6.07) is 0. The summed E-state index contributed by atoms with van der Waals surface area (Å²) in [4.78, 5) is 24.7. The van der Waals surface area contributed by atoms with E-state index in [0.29, 0.717) is 12.8 Å². The van der Waals surface area contributed by atoms with Gasteiger partial charge >= 0.3 is 0 Å². The van der Waals surface area contributed by atoms with Crippen LogP contribution in [0.5, 0.6) is 0 Å². The quantitative estimate of drug-likeness (QED) is 0.493. The van der Waals surface area contributed by atoms with Crippen LogP contribution in [0.25, 0.3) is 0 Å². The molecule has 3 N–H and O–H groups in total. The number of amides is 2. The van der Waals surface area contributed by atoms with Crippen LogP contribution in [0.3, 0.4) is 0 Å². The Kier molecular flexibility index (Phi) is 6.87. The molecular weight excluding hydrogens is 413 g/mol. The van der Waals surface area contributed by atoms with Crippen LogP contribution in [0.4, 0.5) is 4.39 Å². The van der Waals surface area contributed by atoms with E-state index in [1.165, 1.54) is 0 Å². The van der Waals surface area contributed by atoms with Gasteiger partial charge in [-0.15, -0.1) is 11.6 Å². The molecule has 5 fully saturated rings. The van der Waals surface area contributed by atoms with Crippen LogP contribution < -0.4 is 16.0 Å². The number of hydrogen-bond donors (Lipinski definition) is 3. The van der Waals surface area contributed by atoms with Gasteiger partial charge in [0.1, 0.15) is 19.4 Å². The molecule has 2 bridgehead atoms. The van der Waals surface area contributed by atoms with Crippen molar-refractivity contribution in [3.63, 3.8) is 0 Å². The second kappa shape index (κ2) is 9.27. The van der Waals surface area contributed by atoms with Crippen molar-refractivity contribution >= 4 is 23.4 Å². The summed E-state index contributed by atoms with van der Waals surface area (Å²) in [6.45, 7) is 1.84. The van der Waals surface area contributed by atoms with Gasteiger partial charge in [0.15, 0.2) is 0 Å². The Hall–Kier alpha value is -0.960. The molecule has 0 spiro atoms. The van der Waals surface area contributed by atoms with Crippen molar-refractivity contribution in [1.82, 2.24) is 16.0 Å². The topological polar surface area (TPSA) is 88.7 Å². The fourth-order valence-corrected chi connectivity index (χ4v) is 5.81. The normalized spacial score (nSPS) is 40.5. The van der Waals surface area contributed by atoms with Crippen molar-refractivity contribution < 1.29 is 23.5 Å². The van der Waals surface area contributed by atoms with E-state index in [4.69, 9.17) is 21.1 Å². The fraction of sp³-hybridized carbons (Fsp3) is 0.905. The number of carbonyl (C=O) groups excluding carboxylic acids is 2. The van der Waals surface area contributed by atoms with Gasteiger partial charge in [0.25, 0.3) is 0 Å². The van der Waals surface area contributed by atoms with Gasteiger partial charge in [0, 0.05) is 24.0 Å². The molecule has 5 aliphatic rings.